The summed E-state index contributed by atoms with van der Waals surface area (Å²) in [6.45, 7) is 9.83. The van der Waals surface area contributed by atoms with Gasteiger partial charge in [-0.25, -0.2) is 0 Å². The van der Waals surface area contributed by atoms with Crippen LogP contribution in [0.4, 0.5) is 5.69 Å². The van der Waals surface area contributed by atoms with Crippen LogP contribution in [0.3, 0.4) is 0 Å². The molecule has 0 atom stereocenters. The number of nitrogens with zero attached hydrogens (tertiary/aromatic N) is 1. The van der Waals surface area contributed by atoms with Crippen molar-refractivity contribution < 1.29 is 14.3 Å². The Labute approximate surface area is 132 Å². The van der Waals surface area contributed by atoms with Gasteiger partial charge in [0.25, 0.3) is 0 Å². The maximum absolute atomic E-state index is 12.2. The van der Waals surface area contributed by atoms with Crippen LogP contribution in [0.1, 0.15) is 27.2 Å². The van der Waals surface area contributed by atoms with Crippen LogP contribution in [0, 0.1) is 5.92 Å². The summed E-state index contributed by atoms with van der Waals surface area (Å²) in [6.07, 6.45) is 1.10. The second-order valence-electron chi connectivity index (χ2n) is 5.96. The van der Waals surface area contributed by atoms with Crippen molar-refractivity contribution in [3.05, 3.63) is 18.2 Å². The Bertz CT molecular complexity index is 503. The molecule has 1 amide bonds. The molecule has 0 aliphatic carbocycles. The molecule has 0 saturated heterocycles. The Morgan fingerprint density at radius 2 is 2.00 bits per heavy atom. The predicted molar refractivity (Wildman–Crippen MR) is 87.6 cm³/mol. The Morgan fingerprint density at radius 1 is 1.27 bits per heavy atom. The fraction of sp³-hybridized carbons (Fsp3) is 0.588. The van der Waals surface area contributed by atoms with Crippen molar-refractivity contribution in [2.45, 2.75) is 27.2 Å². The SMILES string of the molecule is CCN(CCC(C)C)CC(=O)Nc1ccc2c(c1)OCCO2. The second kappa shape index (κ2) is 8.03. The number of rotatable bonds is 7. The van der Waals surface area contributed by atoms with Gasteiger partial charge in [-0.2, -0.15) is 0 Å². The fourth-order valence-corrected chi connectivity index (χ4v) is 2.31. The Balaban J connectivity index is 1.88. The molecule has 1 aliphatic rings. The van der Waals surface area contributed by atoms with E-state index in [1.165, 1.54) is 0 Å². The van der Waals surface area contributed by atoms with Gasteiger partial charge in [0, 0.05) is 11.8 Å². The first-order chi connectivity index (χ1) is 10.6. The summed E-state index contributed by atoms with van der Waals surface area (Å²) >= 11 is 0. The number of likely N-dealkylation sites (N-methyl/N-ethyl adjacent to an activating group) is 1. The molecule has 1 aromatic carbocycles. The van der Waals surface area contributed by atoms with E-state index < -0.39 is 0 Å². The molecular weight excluding hydrogens is 280 g/mol. The number of benzene rings is 1. The van der Waals surface area contributed by atoms with E-state index in [1.807, 2.05) is 18.2 Å². The number of amides is 1. The van der Waals surface area contributed by atoms with E-state index in [-0.39, 0.29) is 5.91 Å². The van der Waals surface area contributed by atoms with E-state index in [9.17, 15) is 4.79 Å². The smallest absolute Gasteiger partial charge is 0.238 e. The minimum absolute atomic E-state index is 0.00211. The van der Waals surface area contributed by atoms with Gasteiger partial charge in [-0.3, -0.25) is 9.69 Å². The summed E-state index contributed by atoms with van der Waals surface area (Å²) in [5.74, 6) is 2.07. The lowest BCUT2D eigenvalue weighted by Gasteiger charge is -2.21. The largest absolute Gasteiger partial charge is 0.486 e. The van der Waals surface area contributed by atoms with Gasteiger partial charge in [0.15, 0.2) is 11.5 Å². The molecule has 5 heteroatoms. The molecule has 0 fully saturated rings. The van der Waals surface area contributed by atoms with Gasteiger partial charge in [-0.15, -0.1) is 0 Å². The predicted octanol–water partition coefficient (Wildman–Crippen LogP) is 2.76. The van der Waals surface area contributed by atoms with Crippen molar-refractivity contribution in [2.24, 2.45) is 5.92 Å². The number of ether oxygens (including phenoxy) is 2. The third-order valence-corrected chi connectivity index (χ3v) is 3.66. The van der Waals surface area contributed by atoms with Crippen LogP contribution >= 0.6 is 0 Å². The number of hydrogen-bond donors (Lipinski definition) is 1. The van der Waals surface area contributed by atoms with Crippen LogP contribution in [0.5, 0.6) is 11.5 Å². The van der Waals surface area contributed by atoms with Gasteiger partial charge in [0.2, 0.25) is 5.91 Å². The number of carbonyl (C=O) groups is 1. The van der Waals surface area contributed by atoms with Crippen LogP contribution < -0.4 is 14.8 Å². The lowest BCUT2D eigenvalue weighted by atomic mass is 10.1. The van der Waals surface area contributed by atoms with Gasteiger partial charge in [0.05, 0.1) is 6.54 Å². The molecule has 0 spiro atoms. The summed E-state index contributed by atoms with van der Waals surface area (Å²) < 4.78 is 11.0. The number of carbonyl (C=O) groups excluding carboxylic acids is 1. The number of anilines is 1. The van der Waals surface area contributed by atoms with E-state index in [0.717, 1.165) is 30.9 Å². The molecule has 0 saturated carbocycles. The maximum Gasteiger partial charge on any atom is 0.238 e. The molecule has 0 radical (unpaired) electrons. The zero-order chi connectivity index (χ0) is 15.9. The van der Waals surface area contributed by atoms with E-state index in [1.54, 1.807) is 0 Å². The minimum atomic E-state index is 0.00211. The lowest BCUT2D eigenvalue weighted by molar-refractivity contribution is -0.117. The third kappa shape index (κ3) is 4.91. The summed E-state index contributed by atoms with van der Waals surface area (Å²) in [4.78, 5) is 14.3. The molecule has 1 aliphatic heterocycles. The van der Waals surface area contributed by atoms with E-state index in [4.69, 9.17) is 9.47 Å². The van der Waals surface area contributed by atoms with Gasteiger partial charge in [0.1, 0.15) is 13.2 Å². The molecule has 122 valence electrons. The fourth-order valence-electron chi connectivity index (χ4n) is 2.31. The molecule has 1 N–H and O–H groups in total. The standard InChI is InChI=1S/C17H26N2O3/c1-4-19(8-7-13(2)3)12-17(20)18-14-5-6-15-16(11-14)22-10-9-21-15/h5-6,11,13H,4,7-10,12H2,1-3H3,(H,18,20). The van der Waals surface area contributed by atoms with Crippen molar-refractivity contribution in [1.82, 2.24) is 4.90 Å². The first-order valence-corrected chi connectivity index (χ1v) is 8.00. The Morgan fingerprint density at radius 3 is 2.68 bits per heavy atom. The number of nitrogens with one attached hydrogen (secondary N) is 1. The van der Waals surface area contributed by atoms with Crippen LogP contribution in [0.2, 0.25) is 0 Å². The van der Waals surface area contributed by atoms with Gasteiger partial charge >= 0.3 is 0 Å². The number of hydrogen-bond acceptors (Lipinski definition) is 4. The van der Waals surface area contributed by atoms with Crippen molar-refractivity contribution in [3.8, 4) is 11.5 Å². The molecule has 0 aromatic heterocycles. The van der Waals surface area contributed by atoms with Crippen LogP contribution in [0.25, 0.3) is 0 Å². The van der Waals surface area contributed by atoms with E-state index in [0.29, 0.717) is 31.4 Å². The first-order valence-electron chi connectivity index (χ1n) is 8.00. The highest BCUT2D eigenvalue weighted by Crippen LogP contribution is 2.32. The van der Waals surface area contributed by atoms with Gasteiger partial charge in [-0.1, -0.05) is 20.8 Å². The van der Waals surface area contributed by atoms with E-state index >= 15 is 0 Å². The minimum Gasteiger partial charge on any atom is -0.486 e. The summed E-state index contributed by atoms with van der Waals surface area (Å²) in [5, 5.41) is 2.93. The monoisotopic (exact) mass is 306 g/mol. The highest BCUT2D eigenvalue weighted by atomic mass is 16.6. The Kier molecular flexibility index (Phi) is 6.07. The number of fused-ring (bicyclic) bond motifs is 1. The molecule has 2 rings (SSSR count). The molecule has 5 nitrogen and oxygen atoms in total. The van der Waals surface area contributed by atoms with Crippen molar-refractivity contribution in [2.75, 3.05) is 38.2 Å². The summed E-state index contributed by atoms with van der Waals surface area (Å²) in [6, 6.07) is 5.49. The molecular formula is C17H26N2O3. The van der Waals surface area contributed by atoms with Crippen molar-refractivity contribution >= 4 is 11.6 Å². The average molecular weight is 306 g/mol. The molecule has 22 heavy (non-hydrogen) atoms. The van der Waals surface area contributed by atoms with Gasteiger partial charge in [-0.05, 0) is 37.6 Å². The second-order valence-corrected chi connectivity index (χ2v) is 5.96. The molecule has 1 heterocycles. The lowest BCUT2D eigenvalue weighted by Crippen LogP contribution is -2.34. The zero-order valence-electron chi connectivity index (χ0n) is 13.7. The van der Waals surface area contributed by atoms with Crippen molar-refractivity contribution in [3.63, 3.8) is 0 Å². The van der Waals surface area contributed by atoms with E-state index in [2.05, 4.69) is 31.0 Å². The highest BCUT2D eigenvalue weighted by molar-refractivity contribution is 5.92. The summed E-state index contributed by atoms with van der Waals surface area (Å²) in [5.41, 5.74) is 0.745. The van der Waals surface area contributed by atoms with Crippen LogP contribution in [-0.4, -0.2) is 43.7 Å². The molecule has 0 bridgehead atoms. The Hall–Kier alpha value is -1.75. The molecule has 1 aromatic rings. The normalized spacial score (nSPS) is 13.5. The highest BCUT2D eigenvalue weighted by Gasteiger charge is 2.14. The first kappa shape index (κ1) is 16.6. The third-order valence-electron chi connectivity index (χ3n) is 3.66. The van der Waals surface area contributed by atoms with Gasteiger partial charge < -0.3 is 14.8 Å². The average Bonchev–Trinajstić information content (AvgIpc) is 2.51. The topological polar surface area (TPSA) is 50.8 Å². The summed E-state index contributed by atoms with van der Waals surface area (Å²) in [7, 11) is 0. The van der Waals surface area contributed by atoms with Crippen molar-refractivity contribution in [1.29, 1.82) is 0 Å². The quantitative estimate of drug-likeness (QED) is 0.841. The molecule has 0 unspecified atom stereocenters. The van der Waals surface area contributed by atoms with Crippen LogP contribution in [0.15, 0.2) is 18.2 Å². The zero-order valence-corrected chi connectivity index (χ0v) is 13.7. The maximum atomic E-state index is 12.2. The van der Waals surface area contributed by atoms with Crippen LogP contribution in [-0.2, 0) is 4.79 Å².